The van der Waals surface area contributed by atoms with E-state index in [2.05, 4.69) is 35.1 Å². The molecule has 0 heterocycles. The standard InChI is InChI=1S/C12H22BrNO/c1-8-6-5-7-10(9(8)2)14-11(15)12(3,4)13/h8-10H,5-7H2,1-4H3,(H,14,15). The van der Waals surface area contributed by atoms with Gasteiger partial charge in [-0.2, -0.15) is 0 Å². The van der Waals surface area contributed by atoms with Crippen LogP contribution in [-0.4, -0.2) is 16.3 Å². The lowest BCUT2D eigenvalue weighted by Crippen LogP contribution is -2.48. The van der Waals surface area contributed by atoms with Crippen molar-refractivity contribution in [2.75, 3.05) is 0 Å². The molecule has 3 unspecified atom stereocenters. The second-order valence-corrected chi connectivity index (χ2v) is 7.30. The lowest BCUT2D eigenvalue weighted by Gasteiger charge is -2.35. The molecule has 0 aromatic rings. The Hall–Kier alpha value is -0.0500. The van der Waals surface area contributed by atoms with Crippen LogP contribution in [0.2, 0.25) is 0 Å². The van der Waals surface area contributed by atoms with Crippen molar-refractivity contribution >= 4 is 21.8 Å². The van der Waals surface area contributed by atoms with Crippen molar-refractivity contribution in [1.29, 1.82) is 0 Å². The van der Waals surface area contributed by atoms with Gasteiger partial charge in [-0.1, -0.05) is 42.6 Å². The number of hydrogen-bond donors (Lipinski definition) is 1. The third-order valence-electron chi connectivity index (χ3n) is 3.56. The van der Waals surface area contributed by atoms with E-state index in [0.29, 0.717) is 12.0 Å². The minimum Gasteiger partial charge on any atom is -0.352 e. The van der Waals surface area contributed by atoms with Gasteiger partial charge >= 0.3 is 0 Å². The summed E-state index contributed by atoms with van der Waals surface area (Å²) in [4.78, 5) is 11.8. The van der Waals surface area contributed by atoms with Crippen LogP contribution in [0.3, 0.4) is 0 Å². The summed E-state index contributed by atoms with van der Waals surface area (Å²) in [5.41, 5.74) is 0. The predicted octanol–water partition coefficient (Wildman–Crippen LogP) is 3.10. The number of nitrogens with one attached hydrogen (secondary N) is 1. The maximum Gasteiger partial charge on any atom is 0.236 e. The SMILES string of the molecule is CC1CCCC(NC(=O)C(C)(C)Br)C1C. The van der Waals surface area contributed by atoms with Crippen LogP contribution < -0.4 is 5.32 Å². The molecule has 0 aliphatic heterocycles. The molecule has 3 atom stereocenters. The summed E-state index contributed by atoms with van der Waals surface area (Å²) in [5.74, 6) is 1.42. The molecule has 1 aliphatic carbocycles. The fourth-order valence-corrected chi connectivity index (χ4v) is 2.24. The molecule has 1 amide bonds. The molecule has 0 radical (unpaired) electrons. The Kier molecular flexibility index (Phi) is 4.21. The zero-order chi connectivity index (χ0) is 11.6. The zero-order valence-corrected chi connectivity index (χ0v) is 11.7. The largest absolute Gasteiger partial charge is 0.352 e. The highest BCUT2D eigenvalue weighted by Gasteiger charge is 2.31. The van der Waals surface area contributed by atoms with Crippen LogP contribution in [-0.2, 0) is 4.79 Å². The highest BCUT2D eigenvalue weighted by Crippen LogP contribution is 2.30. The Morgan fingerprint density at radius 3 is 2.47 bits per heavy atom. The molecule has 0 aromatic heterocycles. The fourth-order valence-electron chi connectivity index (χ4n) is 2.13. The molecule has 1 N–H and O–H groups in total. The lowest BCUT2D eigenvalue weighted by molar-refractivity contribution is -0.123. The molecule has 0 bridgehead atoms. The Morgan fingerprint density at radius 1 is 1.33 bits per heavy atom. The molecule has 1 rings (SSSR count). The van der Waals surface area contributed by atoms with Crippen molar-refractivity contribution in [3.8, 4) is 0 Å². The number of carbonyl (C=O) groups is 1. The molecule has 88 valence electrons. The first-order valence-electron chi connectivity index (χ1n) is 5.82. The van der Waals surface area contributed by atoms with Crippen LogP contribution in [0.15, 0.2) is 0 Å². The number of alkyl halides is 1. The predicted molar refractivity (Wildman–Crippen MR) is 67.1 cm³/mol. The van der Waals surface area contributed by atoms with E-state index in [1.54, 1.807) is 0 Å². The van der Waals surface area contributed by atoms with Gasteiger partial charge in [0.05, 0.1) is 4.32 Å². The van der Waals surface area contributed by atoms with Gasteiger partial charge in [0.15, 0.2) is 0 Å². The first-order valence-corrected chi connectivity index (χ1v) is 6.61. The lowest BCUT2D eigenvalue weighted by atomic mass is 9.78. The average molecular weight is 276 g/mol. The zero-order valence-electron chi connectivity index (χ0n) is 10.1. The minimum atomic E-state index is -0.451. The van der Waals surface area contributed by atoms with Crippen LogP contribution in [0.25, 0.3) is 0 Å². The van der Waals surface area contributed by atoms with Crippen molar-refractivity contribution in [2.45, 2.75) is 57.3 Å². The van der Waals surface area contributed by atoms with Crippen molar-refractivity contribution in [1.82, 2.24) is 5.32 Å². The third kappa shape index (κ3) is 3.47. The van der Waals surface area contributed by atoms with E-state index in [-0.39, 0.29) is 5.91 Å². The second kappa shape index (κ2) is 4.86. The summed E-state index contributed by atoms with van der Waals surface area (Å²) in [7, 11) is 0. The Balaban J connectivity index is 2.54. The number of amides is 1. The van der Waals surface area contributed by atoms with Gasteiger partial charge in [0.25, 0.3) is 0 Å². The molecule has 1 saturated carbocycles. The van der Waals surface area contributed by atoms with Crippen LogP contribution in [0.4, 0.5) is 0 Å². The van der Waals surface area contributed by atoms with Crippen molar-refractivity contribution in [3.63, 3.8) is 0 Å². The summed E-state index contributed by atoms with van der Waals surface area (Å²) in [6, 6.07) is 0.359. The Morgan fingerprint density at radius 2 is 1.93 bits per heavy atom. The maximum absolute atomic E-state index is 11.8. The van der Waals surface area contributed by atoms with E-state index in [9.17, 15) is 4.79 Å². The molecule has 2 nitrogen and oxygen atoms in total. The molecule has 0 aromatic carbocycles. The van der Waals surface area contributed by atoms with Gasteiger partial charge in [-0.25, -0.2) is 0 Å². The van der Waals surface area contributed by atoms with Gasteiger partial charge < -0.3 is 5.32 Å². The van der Waals surface area contributed by atoms with Crippen LogP contribution >= 0.6 is 15.9 Å². The average Bonchev–Trinajstić information content (AvgIpc) is 2.11. The van der Waals surface area contributed by atoms with Gasteiger partial charge in [-0.3, -0.25) is 4.79 Å². The molecular formula is C12H22BrNO. The second-order valence-electron chi connectivity index (χ2n) is 5.32. The summed E-state index contributed by atoms with van der Waals surface area (Å²) < 4.78 is -0.451. The summed E-state index contributed by atoms with van der Waals surface area (Å²) in [6.07, 6.45) is 3.66. The van der Waals surface area contributed by atoms with E-state index in [4.69, 9.17) is 0 Å². The number of halogens is 1. The molecular weight excluding hydrogens is 254 g/mol. The smallest absolute Gasteiger partial charge is 0.236 e. The van der Waals surface area contributed by atoms with Crippen LogP contribution in [0.1, 0.15) is 47.0 Å². The van der Waals surface area contributed by atoms with E-state index in [1.165, 1.54) is 12.8 Å². The van der Waals surface area contributed by atoms with E-state index < -0.39 is 4.32 Å². The first kappa shape index (κ1) is 13.0. The molecule has 0 saturated heterocycles. The Bertz CT molecular complexity index is 234. The fraction of sp³-hybridized carbons (Fsp3) is 0.917. The highest BCUT2D eigenvalue weighted by molar-refractivity contribution is 9.10. The van der Waals surface area contributed by atoms with Gasteiger partial charge in [0, 0.05) is 6.04 Å². The summed E-state index contributed by atoms with van der Waals surface area (Å²) in [6.45, 7) is 8.30. The van der Waals surface area contributed by atoms with E-state index in [0.717, 1.165) is 12.3 Å². The van der Waals surface area contributed by atoms with Crippen molar-refractivity contribution in [2.24, 2.45) is 11.8 Å². The number of carbonyl (C=O) groups excluding carboxylic acids is 1. The normalized spacial score (nSPS) is 32.5. The van der Waals surface area contributed by atoms with Gasteiger partial charge in [0.2, 0.25) is 5.91 Å². The van der Waals surface area contributed by atoms with E-state index >= 15 is 0 Å². The molecule has 1 aliphatic rings. The first-order chi connectivity index (χ1) is 6.82. The monoisotopic (exact) mass is 275 g/mol. The minimum absolute atomic E-state index is 0.105. The molecule has 15 heavy (non-hydrogen) atoms. The van der Waals surface area contributed by atoms with Crippen LogP contribution in [0, 0.1) is 11.8 Å². The molecule has 1 fully saturated rings. The topological polar surface area (TPSA) is 29.1 Å². The summed E-state index contributed by atoms with van der Waals surface area (Å²) in [5, 5.41) is 3.15. The quantitative estimate of drug-likeness (QED) is 0.771. The van der Waals surface area contributed by atoms with Gasteiger partial charge in [0.1, 0.15) is 0 Å². The number of rotatable bonds is 2. The van der Waals surface area contributed by atoms with Crippen LogP contribution in [0.5, 0.6) is 0 Å². The molecule has 3 heteroatoms. The number of hydrogen-bond acceptors (Lipinski definition) is 1. The van der Waals surface area contributed by atoms with E-state index in [1.807, 2.05) is 13.8 Å². The summed E-state index contributed by atoms with van der Waals surface area (Å²) >= 11 is 3.39. The Labute approximate surface area is 101 Å². The van der Waals surface area contributed by atoms with Crippen molar-refractivity contribution < 1.29 is 4.79 Å². The third-order valence-corrected chi connectivity index (χ3v) is 3.92. The van der Waals surface area contributed by atoms with Gasteiger partial charge in [-0.15, -0.1) is 0 Å². The van der Waals surface area contributed by atoms with Crippen molar-refractivity contribution in [3.05, 3.63) is 0 Å². The highest BCUT2D eigenvalue weighted by atomic mass is 79.9. The van der Waals surface area contributed by atoms with Gasteiger partial charge in [-0.05, 0) is 32.1 Å². The maximum atomic E-state index is 11.8. The molecule has 0 spiro atoms.